The van der Waals surface area contributed by atoms with Crippen molar-refractivity contribution in [2.75, 3.05) is 19.0 Å². The molecule has 2 atom stereocenters. The largest absolute Gasteiger partial charge is 0.496 e. The van der Waals surface area contributed by atoms with Crippen LogP contribution < -0.4 is 15.4 Å². The number of rotatable bonds is 7. The van der Waals surface area contributed by atoms with Gasteiger partial charge in [-0.1, -0.05) is 24.3 Å². The van der Waals surface area contributed by atoms with E-state index in [9.17, 15) is 18.4 Å². The second-order valence-electron chi connectivity index (χ2n) is 6.39. The van der Waals surface area contributed by atoms with E-state index in [0.29, 0.717) is 19.4 Å². The molecule has 0 bridgehead atoms. The Morgan fingerprint density at radius 2 is 1.70 bits per heavy atom. The Hall–Kier alpha value is -2.96. The maximum absolute atomic E-state index is 13.6. The van der Waals surface area contributed by atoms with Crippen molar-refractivity contribution in [1.82, 2.24) is 5.32 Å². The van der Waals surface area contributed by atoms with Gasteiger partial charge in [-0.3, -0.25) is 9.59 Å². The van der Waals surface area contributed by atoms with Gasteiger partial charge >= 0.3 is 0 Å². The Balaban J connectivity index is 1.48. The third kappa shape index (κ3) is 4.42. The van der Waals surface area contributed by atoms with Gasteiger partial charge in [0.15, 0.2) is 0 Å². The SMILES string of the molecule is COc1ccccc1CCNC(=O)C1CC1C(=O)Nc1c(F)cccc1F. The van der Waals surface area contributed by atoms with E-state index < -0.39 is 35.1 Å². The first kappa shape index (κ1) is 18.8. The number of amides is 2. The lowest BCUT2D eigenvalue weighted by Crippen LogP contribution is -2.29. The van der Waals surface area contributed by atoms with Crippen molar-refractivity contribution in [2.45, 2.75) is 12.8 Å². The van der Waals surface area contributed by atoms with Crippen molar-refractivity contribution < 1.29 is 23.1 Å². The molecule has 2 amide bonds. The Morgan fingerprint density at radius 3 is 2.41 bits per heavy atom. The number of anilines is 1. The Kier molecular flexibility index (Phi) is 5.69. The molecule has 0 aromatic heterocycles. The summed E-state index contributed by atoms with van der Waals surface area (Å²) in [5.74, 6) is -2.78. The maximum atomic E-state index is 13.6. The van der Waals surface area contributed by atoms with Crippen LogP contribution in [0.4, 0.5) is 14.5 Å². The summed E-state index contributed by atoms with van der Waals surface area (Å²) in [7, 11) is 1.59. The van der Waals surface area contributed by atoms with Crippen LogP contribution >= 0.6 is 0 Å². The zero-order valence-electron chi connectivity index (χ0n) is 14.8. The molecule has 0 heterocycles. The second kappa shape index (κ2) is 8.16. The molecule has 5 nitrogen and oxygen atoms in total. The molecule has 1 aliphatic carbocycles. The molecular weight excluding hydrogens is 354 g/mol. The Bertz CT molecular complexity index is 837. The predicted molar refractivity (Wildman–Crippen MR) is 96.3 cm³/mol. The predicted octanol–water partition coefficient (Wildman–Crippen LogP) is 2.91. The number of carbonyl (C=O) groups is 2. The fourth-order valence-electron chi connectivity index (χ4n) is 2.97. The number of hydrogen-bond donors (Lipinski definition) is 2. The van der Waals surface area contributed by atoms with Gasteiger partial charge in [-0.05, 0) is 36.6 Å². The lowest BCUT2D eigenvalue weighted by Gasteiger charge is -2.09. The second-order valence-corrected chi connectivity index (χ2v) is 6.39. The van der Waals surface area contributed by atoms with Crippen molar-refractivity contribution in [3.05, 3.63) is 59.7 Å². The number of carbonyl (C=O) groups excluding carboxylic acids is 2. The molecule has 142 valence electrons. The zero-order valence-corrected chi connectivity index (χ0v) is 14.8. The minimum atomic E-state index is -0.846. The number of halogens is 2. The van der Waals surface area contributed by atoms with Gasteiger partial charge in [0.05, 0.1) is 18.9 Å². The van der Waals surface area contributed by atoms with E-state index in [2.05, 4.69) is 10.6 Å². The van der Waals surface area contributed by atoms with Crippen LogP contribution in [0.3, 0.4) is 0 Å². The fourth-order valence-corrected chi connectivity index (χ4v) is 2.97. The van der Waals surface area contributed by atoms with Crippen molar-refractivity contribution in [1.29, 1.82) is 0 Å². The molecular formula is C20H20F2N2O3. The van der Waals surface area contributed by atoms with E-state index in [1.165, 1.54) is 6.07 Å². The zero-order chi connectivity index (χ0) is 19.4. The summed E-state index contributed by atoms with van der Waals surface area (Å²) in [6.07, 6.45) is 0.960. The van der Waals surface area contributed by atoms with Gasteiger partial charge in [0.2, 0.25) is 11.8 Å². The van der Waals surface area contributed by atoms with E-state index in [1.54, 1.807) is 7.11 Å². The summed E-state index contributed by atoms with van der Waals surface area (Å²) >= 11 is 0. The number of ether oxygens (including phenoxy) is 1. The van der Waals surface area contributed by atoms with Crippen molar-refractivity contribution in [2.24, 2.45) is 11.8 Å². The highest BCUT2D eigenvalue weighted by Gasteiger charge is 2.48. The number of methoxy groups -OCH3 is 1. The molecule has 0 radical (unpaired) electrons. The number of para-hydroxylation sites is 2. The summed E-state index contributed by atoms with van der Waals surface area (Å²) in [6, 6.07) is 10.9. The highest BCUT2D eigenvalue weighted by Crippen LogP contribution is 2.39. The molecule has 0 spiro atoms. The first-order chi connectivity index (χ1) is 13.0. The molecule has 3 rings (SSSR count). The van der Waals surface area contributed by atoms with Gasteiger partial charge in [-0.15, -0.1) is 0 Å². The summed E-state index contributed by atoms with van der Waals surface area (Å²) < 4.78 is 32.5. The average molecular weight is 374 g/mol. The van der Waals surface area contributed by atoms with Gasteiger partial charge in [0, 0.05) is 6.54 Å². The van der Waals surface area contributed by atoms with Crippen LogP contribution in [0.25, 0.3) is 0 Å². The first-order valence-electron chi connectivity index (χ1n) is 8.65. The maximum Gasteiger partial charge on any atom is 0.228 e. The third-order valence-electron chi connectivity index (χ3n) is 4.56. The standard InChI is InChI=1S/C20H20F2N2O3/c1-27-17-8-3-2-5-12(17)9-10-23-19(25)13-11-14(13)20(26)24-18-15(21)6-4-7-16(18)22/h2-8,13-14H,9-11H2,1H3,(H,23,25)(H,24,26). The number of nitrogens with one attached hydrogen (secondary N) is 2. The van der Waals surface area contributed by atoms with Crippen LogP contribution in [0.1, 0.15) is 12.0 Å². The molecule has 27 heavy (non-hydrogen) atoms. The highest BCUT2D eigenvalue weighted by molar-refractivity contribution is 5.99. The van der Waals surface area contributed by atoms with E-state index in [4.69, 9.17) is 4.74 Å². The highest BCUT2D eigenvalue weighted by atomic mass is 19.1. The van der Waals surface area contributed by atoms with Crippen molar-refractivity contribution in [3.8, 4) is 5.75 Å². The van der Waals surface area contributed by atoms with Crippen molar-refractivity contribution >= 4 is 17.5 Å². The van der Waals surface area contributed by atoms with Gasteiger partial charge in [0.1, 0.15) is 23.1 Å². The van der Waals surface area contributed by atoms with Crippen LogP contribution in [-0.4, -0.2) is 25.5 Å². The first-order valence-corrected chi connectivity index (χ1v) is 8.65. The fraction of sp³-hybridized carbons (Fsp3) is 0.300. The average Bonchev–Trinajstić information content (AvgIpc) is 3.46. The van der Waals surface area contributed by atoms with E-state index in [-0.39, 0.29) is 5.91 Å². The lowest BCUT2D eigenvalue weighted by molar-refractivity contribution is -0.125. The van der Waals surface area contributed by atoms with Gasteiger partial charge in [-0.25, -0.2) is 8.78 Å². The van der Waals surface area contributed by atoms with Crippen LogP contribution in [0.5, 0.6) is 5.75 Å². The molecule has 2 aromatic rings. The molecule has 2 aromatic carbocycles. The molecule has 1 saturated carbocycles. The molecule has 7 heteroatoms. The van der Waals surface area contributed by atoms with Gasteiger partial charge in [-0.2, -0.15) is 0 Å². The normalized spacial score (nSPS) is 17.9. The minimum Gasteiger partial charge on any atom is -0.496 e. The quantitative estimate of drug-likeness (QED) is 0.783. The summed E-state index contributed by atoms with van der Waals surface area (Å²) in [6.45, 7) is 0.409. The summed E-state index contributed by atoms with van der Waals surface area (Å²) in [4.78, 5) is 24.3. The summed E-state index contributed by atoms with van der Waals surface area (Å²) in [5.41, 5.74) is 0.491. The van der Waals surface area contributed by atoms with Gasteiger partial charge in [0.25, 0.3) is 0 Å². The van der Waals surface area contributed by atoms with Crippen LogP contribution in [0.2, 0.25) is 0 Å². The van der Waals surface area contributed by atoms with Crippen molar-refractivity contribution in [3.63, 3.8) is 0 Å². The lowest BCUT2D eigenvalue weighted by atomic mass is 10.1. The number of benzene rings is 2. The topological polar surface area (TPSA) is 67.4 Å². The summed E-state index contributed by atoms with van der Waals surface area (Å²) in [5, 5.41) is 5.03. The van der Waals surface area contributed by atoms with Crippen LogP contribution in [0.15, 0.2) is 42.5 Å². The molecule has 2 N–H and O–H groups in total. The molecule has 1 aliphatic rings. The van der Waals surface area contributed by atoms with E-state index in [0.717, 1.165) is 23.4 Å². The number of hydrogen-bond acceptors (Lipinski definition) is 3. The van der Waals surface area contributed by atoms with E-state index in [1.807, 2.05) is 24.3 Å². The van der Waals surface area contributed by atoms with E-state index >= 15 is 0 Å². The van der Waals surface area contributed by atoms with Crippen LogP contribution in [0, 0.1) is 23.5 Å². The smallest absolute Gasteiger partial charge is 0.228 e. The Morgan fingerprint density at radius 1 is 1.04 bits per heavy atom. The molecule has 2 unspecified atom stereocenters. The Labute approximate surface area is 155 Å². The monoisotopic (exact) mass is 374 g/mol. The molecule has 0 aliphatic heterocycles. The van der Waals surface area contributed by atoms with Crippen LogP contribution in [-0.2, 0) is 16.0 Å². The third-order valence-corrected chi connectivity index (χ3v) is 4.56. The molecule has 1 fully saturated rings. The minimum absolute atomic E-state index is 0.237. The molecule has 0 saturated heterocycles. The van der Waals surface area contributed by atoms with Gasteiger partial charge < -0.3 is 15.4 Å².